The Morgan fingerprint density at radius 1 is 1.00 bits per heavy atom. The monoisotopic (exact) mass is 358 g/mol. The first kappa shape index (κ1) is 16.9. The van der Waals surface area contributed by atoms with Crippen molar-refractivity contribution in [3.05, 3.63) is 70.9 Å². The zero-order chi connectivity index (χ0) is 19.1. The van der Waals surface area contributed by atoms with Gasteiger partial charge in [-0.2, -0.15) is 0 Å². The molecule has 0 spiro atoms. The van der Waals surface area contributed by atoms with Crippen molar-refractivity contribution in [2.24, 2.45) is 9.98 Å². The highest BCUT2D eigenvalue weighted by Crippen LogP contribution is 2.36. The maximum absolute atomic E-state index is 13.3. The topological polar surface area (TPSA) is 74.1 Å². The van der Waals surface area contributed by atoms with Crippen LogP contribution >= 0.6 is 0 Å². The Morgan fingerprint density at radius 3 is 2.44 bits per heavy atom. The number of anilines is 1. The SMILES string of the molecule is CC(=O)Nc1cccc(C2=C3N=C(N(C)C)N=C3c3ccccc3C2=O)c1. The quantitative estimate of drug-likeness (QED) is 0.897. The Morgan fingerprint density at radius 2 is 1.74 bits per heavy atom. The molecular weight excluding hydrogens is 340 g/mol. The highest BCUT2D eigenvalue weighted by atomic mass is 16.1. The lowest BCUT2D eigenvalue weighted by Gasteiger charge is -2.19. The number of amides is 1. The third kappa shape index (κ3) is 2.85. The highest BCUT2D eigenvalue weighted by Gasteiger charge is 2.34. The van der Waals surface area contributed by atoms with Crippen molar-refractivity contribution in [1.82, 2.24) is 4.90 Å². The van der Waals surface area contributed by atoms with Crippen LogP contribution in [0.5, 0.6) is 0 Å². The summed E-state index contributed by atoms with van der Waals surface area (Å²) in [6, 6.07) is 14.7. The minimum absolute atomic E-state index is 0.0942. The van der Waals surface area contributed by atoms with Gasteiger partial charge in [0.2, 0.25) is 11.9 Å². The summed E-state index contributed by atoms with van der Waals surface area (Å²) in [4.78, 5) is 35.8. The third-order valence-corrected chi connectivity index (χ3v) is 4.41. The van der Waals surface area contributed by atoms with Gasteiger partial charge in [-0.25, -0.2) is 9.98 Å². The minimum Gasteiger partial charge on any atom is -0.347 e. The molecule has 0 radical (unpaired) electrons. The van der Waals surface area contributed by atoms with Crippen LogP contribution in [0.25, 0.3) is 5.57 Å². The van der Waals surface area contributed by atoms with E-state index >= 15 is 0 Å². The zero-order valence-electron chi connectivity index (χ0n) is 15.3. The van der Waals surface area contributed by atoms with Crippen LogP contribution in [0.15, 0.2) is 64.2 Å². The molecule has 6 heteroatoms. The standard InChI is InChI=1S/C21H18N4O2/c1-12(26)22-14-8-6-7-13(11-14)17-19-18(23-21(24-19)25(2)3)15-9-4-5-10-16(15)20(17)27/h4-11H,1-3H3,(H,22,26). The number of rotatable bonds is 2. The molecule has 0 saturated carbocycles. The number of fused-ring (bicyclic) bond motifs is 3. The van der Waals surface area contributed by atoms with Gasteiger partial charge in [-0.15, -0.1) is 0 Å². The molecule has 134 valence electrons. The van der Waals surface area contributed by atoms with Gasteiger partial charge in [0.15, 0.2) is 5.78 Å². The van der Waals surface area contributed by atoms with Crippen molar-refractivity contribution in [3.8, 4) is 0 Å². The summed E-state index contributed by atoms with van der Waals surface area (Å²) in [5.74, 6) is 0.296. The fraction of sp³-hybridized carbons (Fsp3) is 0.143. The molecule has 2 aromatic rings. The number of aliphatic imine (C=N–C) groups is 2. The normalized spacial score (nSPS) is 15.0. The van der Waals surface area contributed by atoms with Crippen LogP contribution < -0.4 is 5.32 Å². The molecule has 1 N–H and O–H groups in total. The smallest absolute Gasteiger partial charge is 0.226 e. The summed E-state index contributed by atoms with van der Waals surface area (Å²) in [5.41, 5.74) is 4.50. The Bertz CT molecular complexity index is 1080. The van der Waals surface area contributed by atoms with Crippen molar-refractivity contribution in [1.29, 1.82) is 0 Å². The molecular formula is C21H18N4O2. The molecule has 27 heavy (non-hydrogen) atoms. The predicted molar refractivity (Wildman–Crippen MR) is 106 cm³/mol. The lowest BCUT2D eigenvalue weighted by molar-refractivity contribution is -0.114. The van der Waals surface area contributed by atoms with Crippen LogP contribution in [0.3, 0.4) is 0 Å². The lowest BCUT2D eigenvalue weighted by atomic mass is 9.84. The number of hydrogen-bond acceptors (Lipinski definition) is 5. The number of benzene rings is 2. The molecule has 1 amide bonds. The Hall–Kier alpha value is -3.54. The average molecular weight is 358 g/mol. The van der Waals surface area contributed by atoms with E-state index < -0.39 is 0 Å². The van der Waals surface area contributed by atoms with Gasteiger partial charge in [0, 0.05) is 37.8 Å². The molecule has 1 aliphatic heterocycles. The zero-order valence-corrected chi connectivity index (χ0v) is 15.3. The Labute approximate surface area is 156 Å². The Kier molecular flexibility index (Phi) is 3.96. The second-order valence-electron chi connectivity index (χ2n) is 6.63. The van der Waals surface area contributed by atoms with Crippen molar-refractivity contribution in [2.45, 2.75) is 6.92 Å². The second kappa shape index (κ2) is 6.32. The van der Waals surface area contributed by atoms with E-state index in [1.165, 1.54) is 6.92 Å². The van der Waals surface area contributed by atoms with E-state index in [-0.39, 0.29) is 11.7 Å². The summed E-state index contributed by atoms with van der Waals surface area (Å²) in [7, 11) is 3.73. The van der Waals surface area contributed by atoms with Crippen LogP contribution in [-0.4, -0.2) is 42.4 Å². The fourth-order valence-corrected chi connectivity index (χ4v) is 3.25. The molecule has 0 atom stereocenters. The number of nitrogens with one attached hydrogen (secondary N) is 1. The van der Waals surface area contributed by atoms with E-state index in [9.17, 15) is 9.59 Å². The molecule has 1 aliphatic carbocycles. The number of hydrogen-bond donors (Lipinski definition) is 1. The number of carbonyl (C=O) groups excluding carboxylic acids is 2. The average Bonchev–Trinajstić information content (AvgIpc) is 3.07. The van der Waals surface area contributed by atoms with Gasteiger partial charge in [0.25, 0.3) is 0 Å². The van der Waals surface area contributed by atoms with Crippen LogP contribution in [0, 0.1) is 0 Å². The fourth-order valence-electron chi connectivity index (χ4n) is 3.25. The highest BCUT2D eigenvalue weighted by molar-refractivity contribution is 6.43. The second-order valence-corrected chi connectivity index (χ2v) is 6.63. The van der Waals surface area contributed by atoms with Gasteiger partial charge >= 0.3 is 0 Å². The molecule has 6 nitrogen and oxygen atoms in total. The molecule has 0 fully saturated rings. The number of ketones is 1. The molecule has 2 aromatic carbocycles. The molecule has 4 rings (SSSR count). The largest absolute Gasteiger partial charge is 0.347 e. The van der Waals surface area contributed by atoms with Crippen molar-refractivity contribution in [3.63, 3.8) is 0 Å². The van der Waals surface area contributed by atoms with Crippen LogP contribution in [0.1, 0.15) is 28.4 Å². The van der Waals surface area contributed by atoms with Gasteiger partial charge in [-0.05, 0) is 17.7 Å². The van der Waals surface area contributed by atoms with E-state index in [0.717, 1.165) is 5.56 Å². The van der Waals surface area contributed by atoms with Gasteiger partial charge < -0.3 is 10.2 Å². The van der Waals surface area contributed by atoms with Gasteiger partial charge in [0.05, 0.1) is 5.57 Å². The molecule has 0 unspecified atom stereocenters. The molecule has 0 saturated heterocycles. The molecule has 0 bridgehead atoms. The van der Waals surface area contributed by atoms with Gasteiger partial charge in [-0.3, -0.25) is 9.59 Å². The van der Waals surface area contributed by atoms with E-state index in [1.807, 2.05) is 55.4 Å². The van der Waals surface area contributed by atoms with E-state index in [1.54, 1.807) is 12.1 Å². The van der Waals surface area contributed by atoms with Crippen LogP contribution in [0.4, 0.5) is 5.69 Å². The summed E-state index contributed by atoms with van der Waals surface area (Å²) in [6.07, 6.45) is 0. The number of allylic oxidation sites excluding steroid dienone is 2. The first-order chi connectivity index (χ1) is 13.0. The van der Waals surface area contributed by atoms with Crippen molar-refractivity contribution in [2.75, 3.05) is 19.4 Å². The van der Waals surface area contributed by atoms with Crippen molar-refractivity contribution < 1.29 is 9.59 Å². The number of guanidine groups is 1. The maximum Gasteiger partial charge on any atom is 0.226 e. The Balaban J connectivity index is 1.94. The van der Waals surface area contributed by atoms with Gasteiger partial charge in [-0.1, -0.05) is 36.4 Å². The van der Waals surface area contributed by atoms with E-state index in [2.05, 4.69) is 15.3 Å². The maximum atomic E-state index is 13.3. The van der Waals surface area contributed by atoms with Gasteiger partial charge in [0.1, 0.15) is 11.4 Å². The van der Waals surface area contributed by atoms with E-state index in [0.29, 0.717) is 39.8 Å². The molecule has 0 aromatic heterocycles. The lowest BCUT2D eigenvalue weighted by Crippen LogP contribution is -2.20. The minimum atomic E-state index is -0.166. The summed E-state index contributed by atoms with van der Waals surface area (Å²) >= 11 is 0. The first-order valence-electron chi connectivity index (χ1n) is 8.57. The first-order valence-corrected chi connectivity index (χ1v) is 8.57. The van der Waals surface area contributed by atoms with E-state index in [4.69, 9.17) is 0 Å². The summed E-state index contributed by atoms with van der Waals surface area (Å²) < 4.78 is 0. The third-order valence-electron chi connectivity index (χ3n) is 4.41. The number of Topliss-reactive ketones (excluding diaryl/α,β-unsaturated/α-hetero) is 1. The summed E-state index contributed by atoms with van der Waals surface area (Å²) in [6.45, 7) is 1.45. The van der Waals surface area contributed by atoms with Crippen LogP contribution in [0.2, 0.25) is 0 Å². The predicted octanol–water partition coefficient (Wildman–Crippen LogP) is 2.97. The molecule has 2 aliphatic rings. The van der Waals surface area contributed by atoms with Crippen molar-refractivity contribution >= 4 is 34.6 Å². The summed E-state index contributed by atoms with van der Waals surface area (Å²) in [5, 5.41) is 2.76. The van der Waals surface area contributed by atoms with Crippen LogP contribution in [-0.2, 0) is 4.79 Å². The number of nitrogens with zero attached hydrogens (tertiary/aromatic N) is 3. The molecule has 1 heterocycles. The number of carbonyl (C=O) groups is 2.